The number of carbonyl (C=O) groups is 1. The molecule has 0 aromatic heterocycles. The first-order valence-electron chi connectivity index (χ1n) is 6.48. The van der Waals surface area contributed by atoms with Crippen molar-refractivity contribution in [2.75, 3.05) is 13.2 Å². The van der Waals surface area contributed by atoms with Crippen LogP contribution in [0.1, 0.15) is 51.9 Å². The lowest BCUT2D eigenvalue weighted by Crippen LogP contribution is -2.23. The fourth-order valence-corrected chi connectivity index (χ4v) is 2.63. The second-order valence-corrected chi connectivity index (χ2v) is 4.76. The smallest absolute Gasteiger partial charge is 0.305 e. The highest BCUT2D eigenvalue weighted by atomic mass is 16.5. The number of esters is 1. The minimum atomic E-state index is -0.0676. The number of carbonyl (C=O) groups excluding carboxylic acids is 1. The summed E-state index contributed by atoms with van der Waals surface area (Å²) in [5.41, 5.74) is 3.78. The molecule has 2 fully saturated rings. The second kappa shape index (κ2) is 5.15. The van der Waals surface area contributed by atoms with Crippen LogP contribution in [0, 0.1) is 0 Å². The van der Waals surface area contributed by atoms with Crippen LogP contribution in [0.4, 0.5) is 0 Å². The molecule has 0 bridgehead atoms. The number of nitrogens with zero attached hydrogens (tertiary/aromatic N) is 1. The van der Waals surface area contributed by atoms with Crippen molar-refractivity contribution < 1.29 is 9.53 Å². The predicted molar refractivity (Wildman–Crippen MR) is 61.5 cm³/mol. The zero-order chi connectivity index (χ0) is 11.4. The lowest BCUT2D eigenvalue weighted by molar-refractivity contribution is -0.143. The SMILES string of the molecule is CCOC(=O)CCCN1NC12CCCCC2. The van der Waals surface area contributed by atoms with Crippen molar-refractivity contribution in [1.82, 2.24) is 10.4 Å². The molecule has 1 N–H and O–H groups in total. The molecule has 16 heavy (non-hydrogen) atoms. The Morgan fingerprint density at radius 3 is 2.81 bits per heavy atom. The Morgan fingerprint density at radius 2 is 2.12 bits per heavy atom. The van der Waals surface area contributed by atoms with Crippen molar-refractivity contribution in [2.24, 2.45) is 0 Å². The molecule has 1 spiro atoms. The maximum Gasteiger partial charge on any atom is 0.305 e. The molecule has 1 unspecified atom stereocenters. The van der Waals surface area contributed by atoms with Crippen molar-refractivity contribution >= 4 is 5.97 Å². The van der Waals surface area contributed by atoms with Gasteiger partial charge in [-0.2, -0.15) is 0 Å². The van der Waals surface area contributed by atoms with Crippen molar-refractivity contribution in [2.45, 2.75) is 57.5 Å². The fourth-order valence-electron chi connectivity index (χ4n) is 2.63. The van der Waals surface area contributed by atoms with E-state index in [-0.39, 0.29) is 5.97 Å². The Morgan fingerprint density at radius 1 is 1.38 bits per heavy atom. The molecule has 92 valence electrons. The Labute approximate surface area is 97.3 Å². The van der Waals surface area contributed by atoms with E-state index in [9.17, 15) is 4.79 Å². The van der Waals surface area contributed by atoms with Crippen molar-refractivity contribution in [3.05, 3.63) is 0 Å². The number of rotatable bonds is 5. The van der Waals surface area contributed by atoms with Gasteiger partial charge in [0, 0.05) is 13.0 Å². The van der Waals surface area contributed by atoms with E-state index in [1.165, 1.54) is 32.1 Å². The molecule has 1 heterocycles. The molecule has 1 saturated heterocycles. The maximum atomic E-state index is 11.2. The van der Waals surface area contributed by atoms with Crippen molar-refractivity contribution in [3.63, 3.8) is 0 Å². The third-order valence-electron chi connectivity index (χ3n) is 3.56. The van der Waals surface area contributed by atoms with E-state index in [0.717, 1.165) is 13.0 Å². The van der Waals surface area contributed by atoms with Gasteiger partial charge in [-0.05, 0) is 26.2 Å². The van der Waals surface area contributed by atoms with Gasteiger partial charge in [-0.3, -0.25) is 4.79 Å². The monoisotopic (exact) mass is 226 g/mol. The lowest BCUT2D eigenvalue weighted by Gasteiger charge is -2.19. The zero-order valence-corrected chi connectivity index (χ0v) is 10.1. The molecule has 1 atom stereocenters. The molecule has 4 heteroatoms. The van der Waals surface area contributed by atoms with Crippen LogP contribution in [-0.4, -0.2) is 29.8 Å². The summed E-state index contributed by atoms with van der Waals surface area (Å²) < 4.78 is 4.90. The van der Waals surface area contributed by atoms with Crippen LogP contribution in [0.15, 0.2) is 0 Å². The van der Waals surface area contributed by atoms with Crippen LogP contribution < -0.4 is 5.43 Å². The Bertz CT molecular complexity index is 249. The normalized spacial score (nSPS) is 26.7. The minimum Gasteiger partial charge on any atom is -0.466 e. The van der Waals surface area contributed by atoms with E-state index in [0.29, 0.717) is 18.7 Å². The van der Waals surface area contributed by atoms with Gasteiger partial charge in [0.25, 0.3) is 0 Å². The van der Waals surface area contributed by atoms with E-state index >= 15 is 0 Å². The van der Waals surface area contributed by atoms with Crippen molar-refractivity contribution in [3.8, 4) is 0 Å². The Kier molecular flexibility index (Phi) is 3.82. The summed E-state index contributed by atoms with van der Waals surface area (Å²) in [5, 5.41) is 2.31. The zero-order valence-electron chi connectivity index (χ0n) is 10.1. The summed E-state index contributed by atoms with van der Waals surface area (Å²) in [5.74, 6) is -0.0676. The van der Waals surface area contributed by atoms with Crippen LogP contribution in [0.5, 0.6) is 0 Å². The largest absolute Gasteiger partial charge is 0.466 e. The molecule has 4 nitrogen and oxygen atoms in total. The van der Waals surface area contributed by atoms with Crippen LogP contribution in [0.3, 0.4) is 0 Å². The summed E-state index contributed by atoms with van der Waals surface area (Å²) in [6, 6.07) is 0. The first kappa shape index (κ1) is 11.9. The molecule has 1 saturated carbocycles. The number of ether oxygens (including phenoxy) is 1. The van der Waals surface area contributed by atoms with Crippen LogP contribution in [0.2, 0.25) is 0 Å². The van der Waals surface area contributed by atoms with Gasteiger partial charge in [0.2, 0.25) is 0 Å². The lowest BCUT2D eigenvalue weighted by atomic mass is 9.92. The average molecular weight is 226 g/mol. The molecule has 2 rings (SSSR count). The van der Waals surface area contributed by atoms with E-state index < -0.39 is 0 Å². The highest BCUT2D eigenvalue weighted by molar-refractivity contribution is 5.69. The van der Waals surface area contributed by atoms with Crippen LogP contribution >= 0.6 is 0 Å². The summed E-state index contributed by atoms with van der Waals surface area (Å²) >= 11 is 0. The summed E-state index contributed by atoms with van der Waals surface area (Å²) in [6.07, 6.45) is 8.03. The first-order chi connectivity index (χ1) is 7.77. The maximum absolute atomic E-state index is 11.2. The predicted octanol–water partition coefficient (Wildman–Crippen LogP) is 1.81. The summed E-state index contributed by atoms with van der Waals surface area (Å²) in [6.45, 7) is 3.31. The molecule has 0 amide bonds. The molecule has 1 aliphatic carbocycles. The fraction of sp³-hybridized carbons (Fsp3) is 0.917. The molecule has 2 aliphatic rings. The number of hydrogen-bond acceptors (Lipinski definition) is 4. The molecular weight excluding hydrogens is 204 g/mol. The van der Waals surface area contributed by atoms with E-state index in [1.54, 1.807) is 0 Å². The highest BCUT2D eigenvalue weighted by Gasteiger charge is 2.50. The van der Waals surface area contributed by atoms with Crippen LogP contribution in [0.25, 0.3) is 0 Å². The van der Waals surface area contributed by atoms with Gasteiger partial charge in [0.15, 0.2) is 0 Å². The van der Waals surface area contributed by atoms with Gasteiger partial charge < -0.3 is 4.74 Å². The van der Waals surface area contributed by atoms with Crippen molar-refractivity contribution in [1.29, 1.82) is 0 Å². The quantitative estimate of drug-likeness (QED) is 0.574. The first-order valence-corrected chi connectivity index (χ1v) is 6.48. The van der Waals surface area contributed by atoms with E-state index in [4.69, 9.17) is 4.74 Å². The van der Waals surface area contributed by atoms with Gasteiger partial charge in [0.05, 0.1) is 12.3 Å². The van der Waals surface area contributed by atoms with Gasteiger partial charge in [-0.25, -0.2) is 10.4 Å². The summed E-state index contributed by atoms with van der Waals surface area (Å²) in [7, 11) is 0. The standard InChI is InChI=1S/C12H22N2O2/c1-2-16-11(15)7-6-10-14-12(13-14)8-4-3-5-9-12/h13H,2-10H2,1H3. The highest BCUT2D eigenvalue weighted by Crippen LogP contribution is 2.39. The number of nitrogens with one attached hydrogen (secondary N) is 1. The number of hydrogen-bond donors (Lipinski definition) is 1. The van der Waals surface area contributed by atoms with Gasteiger partial charge >= 0.3 is 5.97 Å². The van der Waals surface area contributed by atoms with Crippen LogP contribution in [-0.2, 0) is 9.53 Å². The molecule has 0 aromatic rings. The van der Waals surface area contributed by atoms with Gasteiger partial charge in [-0.1, -0.05) is 19.3 Å². The van der Waals surface area contributed by atoms with E-state index in [1.807, 2.05) is 6.92 Å². The third kappa shape index (κ3) is 2.74. The molecular formula is C12H22N2O2. The average Bonchev–Trinajstić information content (AvgIpc) is 2.92. The molecule has 0 aromatic carbocycles. The molecule has 1 aliphatic heterocycles. The van der Waals surface area contributed by atoms with Gasteiger partial charge in [-0.15, -0.1) is 0 Å². The topological polar surface area (TPSA) is 51.2 Å². The van der Waals surface area contributed by atoms with Gasteiger partial charge in [0.1, 0.15) is 0 Å². The third-order valence-corrected chi connectivity index (χ3v) is 3.56. The minimum absolute atomic E-state index is 0.0676. The number of hydrazine groups is 1. The Hall–Kier alpha value is -0.610. The summed E-state index contributed by atoms with van der Waals surface area (Å²) in [4.78, 5) is 11.2. The van der Waals surface area contributed by atoms with E-state index in [2.05, 4.69) is 10.4 Å². The second-order valence-electron chi connectivity index (χ2n) is 4.76. The Balaban J connectivity index is 1.60. The molecule has 0 radical (unpaired) electrons.